The first kappa shape index (κ1) is 10.2. The molecule has 2 aliphatic heterocycles. The van der Waals surface area contributed by atoms with E-state index in [1.54, 1.807) is 0 Å². The Balaban J connectivity index is 1.85. The van der Waals surface area contributed by atoms with Crippen molar-refractivity contribution >= 4 is 22.6 Å². The molecule has 1 aromatic rings. The molecular formula is C13H16N2S. The first-order valence-corrected chi connectivity index (χ1v) is 6.95. The maximum Gasteiger partial charge on any atom is 0.164 e. The molecule has 3 rings (SSSR count). The van der Waals surface area contributed by atoms with Crippen LogP contribution in [0.1, 0.15) is 19.3 Å². The summed E-state index contributed by atoms with van der Waals surface area (Å²) in [6.45, 7) is 1.20. The zero-order valence-corrected chi connectivity index (χ0v) is 10.1. The van der Waals surface area contributed by atoms with Crippen LogP contribution in [-0.4, -0.2) is 28.4 Å². The summed E-state index contributed by atoms with van der Waals surface area (Å²) in [6, 6.07) is 11.1. The summed E-state index contributed by atoms with van der Waals surface area (Å²) in [5, 5.41) is 1.24. The lowest BCUT2D eigenvalue weighted by atomic mass is 10.2. The van der Waals surface area contributed by atoms with Gasteiger partial charge in [0.25, 0.3) is 0 Å². The van der Waals surface area contributed by atoms with E-state index in [2.05, 4.69) is 17.0 Å². The molecule has 16 heavy (non-hydrogen) atoms. The highest BCUT2D eigenvalue weighted by Crippen LogP contribution is 2.31. The number of hydrogen-bond acceptors (Lipinski definition) is 2. The molecule has 2 nitrogen and oxygen atoms in total. The Kier molecular flexibility index (Phi) is 2.87. The highest BCUT2D eigenvalue weighted by Gasteiger charge is 2.30. The molecule has 0 bridgehead atoms. The van der Waals surface area contributed by atoms with Crippen LogP contribution in [0.4, 0.5) is 5.69 Å². The number of benzene rings is 1. The number of thioether (sulfide) groups is 1. The van der Waals surface area contributed by atoms with Crippen molar-refractivity contribution in [3.8, 4) is 0 Å². The second-order valence-electron chi connectivity index (χ2n) is 4.36. The molecule has 0 radical (unpaired) electrons. The molecule has 1 atom stereocenters. The van der Waals surface area contributed by atoms with Crippen LogP contribution in [0.5, 0.6) is 0 Å². The van der Waals surface area contributed by atoms with Crippen molar-refractivity contribution in [2.24, 2.45) is 4.99 Å². The lowest BCUT2D eigenvalue weighted by Crippen LogP contribution is -2.37. The van der Waals surface area contributed by atoms with E-state index >= 15 is 0 Å². The summed E-state index contributed by atoms with van der Waals surface area (Å²) in [5.41, 5.74) is 1.08. The van der Waals surface area contributed by atoms with Gasteiger partial charge in [-0.2, -0.15) is 0 Å². The Hall–Kier alpha value is -0.960. The van der Waals surface area contributed by atoms with E-state index in [-0.39, 0.29) is 0 Å². The molecule has 0 aliphatic carbocycles. The zero-order chi connectivity index (χ0) is 10.8. The number of amidine groups is 1. The fourth-order valence-corrected chi connectivity index (χ4v) is 3.61. The maximum atomic E-state index is 4.77. The molecule has 1 aromatic carbocycles. The molecule has 84 valence electrons. The lowest BCUT2D eigenvalue weighted by Gasteiger charge is -2.31. The van der Waals surface area contributed by atoms with Crippen molar-refractivity contribution in [1.82, 2.24) is 4.90 Å². The molecule has 2 heterocycles. The highest BCUT2D eigenvalue weighted by atomic mass is 32.2. The molecular weight excluding hydrogens is 216 g/mol. The summed E-state index contributed by atoms with van der Waals surface area (Å²) in [6.07, 6.45) is 4.02. The highest BCUT2D eigenvalue weighted by molar-refractivity contribution is 8.13. The minimum absolute atomic E-state index is 0.767. The summed E-state index contributed by atoms with van der Waals surface area (Å²) in [4.78, 5) is 7.27. The van der Waals surface area contributed by atoms with Gasteiger partial charge in [0.2, 0.25) is 0 Å². The smallest absolute Gasteiger partial charge is 0.164 e. The van der Waals surface area contributed by atoms with E-state index in [0.29, 0.717) is 0 Å². The van der Waals surface area contributed by atoms with Gasteiger partial charge in [-0.1, -0.05) is 30.0 Å². The summed E-state index contributed by atoms with van der Waals surface area (Å²) in [7, 11) is 0. The monoisotopic (exact) mass is 232 g/mol. The Bertz CT molecular complexity index is 388. The number of fused-ring (bicyclic) bond motifs is 1. The van der Waals surface area contributed by atoms with Gasteiger partial charge in [-0.25, -0.2) is 4.99 Å². The molecule has 0 spiro atoms. The normalized spacial score (nSPS) is 27.1. The van der Waals surface area contributed by atoms with E-state index in [4.69, 9.17) is 4.99 Å². The van der Waals surface area contributed by atoms with Gasteiger partial charge < -0.3 is 4.90 Å². The van der Waals surface area contributed by atoms with Gasteiger partial charge in [0, 0.05) is 18.3 Å². The molecule has 1 unspecified atom stereocenters. The average Bonchev–Trinajstić information content (AvgIpc) is 2.80. The van der Waals surface area contributed by atoms with Crippen LogP contribution in [-0.2, 0) is 0 Å². The first-order chi connectivity index (χ1) is 7.93. The average molecular weight is 232 g/mol. The van der Waals surface area contributed by atoms with Crippen LogP contribution in [0, 0.1) is 0 Å². The third-order valence-corrected chi connectivity index (χ3v) is 4.31. The molecule has 0 N–H and O–H groups in total. The SMILES string of the molecule is c1ccc(N=C2SCCC3CCCN23)cc1. The van der Waals surface area contributed by atoms with Gasteiger partial charge in [-0.05, 0) is 31.4 Å². The van der Waals surface area contributed by atoms with Crippen molar-refractivity contribution in [3.05, 3.63) is 30.3 Å². The van der Waals surface area contributed by atoms with Crippen LogP contribution in [0.25, 0.3) is 0 Å². The zero-order valence-electron chi connectivity index (χ0n) is 9.30. The molecule has 2 saturated heterocycles. The summed E-state index contributed by atoms with van der Waals surface area (Å²) < 4.78 is 0. The Morgan fingerprint density at radius 3 is 2.94 bits per heavy atom. The van der Waals surface area contributed by atoms with Crippen LogP contribution in [0.3, 0.4) is 0 Å². The van der Waals surface area contributed by atoms with Crippen molar-refractivity contribution in [2.45, 2.75) is 25.3 Å². The predicted molar refractivity (Wildman–Crippen MR) is 70.3 cm³/mol. The van der Waals surface area contributed by atoms with Crippen molar-refractivity contribution < 1.29 is 0 Å². The van der Waals surface area contributed by atoms with E-state index in [9.17, 15) is 0 Å². The third kappa shape index (κ3) is 1.96. The topological polar surface area (TPSA) is 15.6 Å². The van der Waals surface area contributed by atoms with Crippen molar-refractivity contribution in [1.29, 1.82) is 0 Å². The number of hydrogen-bond donors (Lipinski definition) is 0. The lowest BCUT2D eigenvalue weighted by molar-refractivity contribution is 0.382. The molecule has 0 aromatic heterocycles. The number of nitrogens with zero attached hydrogens (tertiary/aromatic N) is 2. The largest absolute Gasteiger partial charge is 0.348 e. The molecule has 2 fully saturated rings. The fraction of sp³-hybridized carbons (Fsp3) is 0.462. The van der Waals surface area contributed by atoms with Crippen LogP contribution < -0.4 is 0 Å². The Labute approximate surface area is 101 Å². The summed E-state index contributed by atoms with van der Waals surface area (Å²) >= 11 is 1.91. The Morgan fingerprint density at radius 1 is 1.19 bits per heavy atom. The van der Waals surface area contributed by atoms with Crippen molar-refractivity contribution in [3.63, 3.8) is 0 Å². The minimum Gasteiger partial charge on any atom is -0.348 e. The van der Waals surface area contributed by atoms with Gasteiger partial charge >= 0.3 is 0 Å². The third-order valence-electron chi connectivity index (χ3n) is 3.29. The van der Waals surface area contributed by atoms with Gasteiger partial charge in [0.1, 0.15) is 0 Å². The first-order valence-electron chi connectivity index (χ1n) is 5.97. The standard InChI is InChI=1S/C13H16N2S/c1-2-5-11(6-3-1)14-13-15-9-4-7-12(15)8-10-16-13/h1-3,5-6,12H,4,7-10H2. The molecule has 3 heteroatoms. The number of aliphatic imine (C=N–C) groups is 1. The quantitative estimate of drug-likeness (QED) is 0.738. The van der Waals surface area contributed by atoms with Gasteiger partial charge in [0.15, 0.2) is 5.17 Å². The van der Waals surface area contributed by atoms with E-state index in [1.165, 1.54) is 36.7 Å². The second kappa shape index (κ2) is 4.50. The molecule has 0 amide bonds. The summed E-state index contributed by atoms with van der Waals surface area (Å²) in [5.74, 6) is 1.23. The van der Waals surface area contributed by atoms with E-state index in [1.807, 2.05) is 30.0 Å². The molecule has 0 saturated carbocycles. The van der Waals surface area contributed by atoms with Crippen molar-refractivity contribution in [2.75, 3.05) is 12.3 Å². The maximum absolute atomic E-state index is 4.77. The van der Waals surface area contributed by atoms with Gasteiger partial charge in [0.05, 0.1) is 5.69 Å². The van der Waals surface area contributed by atoms with Gasteiger partial charge in [-0.3, -0.25) is 0 Å². The number of para-hydroxylation sites is 1. The predicted octanol–water partition coefficient (Wildman–Crippen LogP) is 3.28. The van der Waals surface area contributed by atoms with E-state index in [0.717, 1.165) is 11.7 Å². The fourth-order valence-electron chi connectivity index (χ4n) is 2.47. The van der Waals surface area contributed by atoms with Crippen LogP contribution >= 0.6 is 11.8 Å². The molecule has 2 aliphatic rings. The minimum atomic E-state index is 0.767. The van der Waals surface area contributed by atoms with E-state index < -0.39 is 0 Å². The van der Waals surface area contributed by atoms with Gasteiger partial charge in [-0.15, -0.1) is 0 Å². The second-order valence-corrected chi connectivity index (χ2v) is 5.42. The van der Waals surface area contributed by atoms with Crippen LogP contribution in [0.15, 0.2) is 35.3 Å². The van der Waals surface area contributed by atoms with Crippen LogP contribution in [0.2, 0.25) is 0 Å². The number of rotatable bonds is 1. The Morgan fingerprint density at radius 2 is 2.06 bits per heavy atom.